The van der Waals surface area contributed by atoms with Crippen LogP contribution in [0.1, 0.15) is 61.5 Å². The second kappa shape index (κ2) is 10.1. The number of aliphatic imine (C=N–C) groups is 1. The molecular weight excluding hydrogens is 464 g/mol. The molecular formula is C27H29ClN4O3. The zero-order valence-corrected chi connectivity index (χ0v) is 20.9. The van der Waals surface area contributed by atoms with Crippen molar-refractivity contribution in [2.24, 2.45) is 10.7 Å². The summed E-state index contributed by atoms with van der Waals surface area (Å²) in [6.07, 6.45) is 1.61. The molecule has 0 aromatic heterocycles. The van der Waals surface area contributed by atoms with E-state index in [1.54, 1.807) is 42.2 Å². The summed E-state index contributed by atoms with van der Waals surface area (Å²) in [6.45, 7) is 6.15. The van der Waals surface area contributed by atoms with Crippen molar-refractivity contribution in [3.8, 4) is 11.8 Å². The lowest BCUT2D eigenvalue weighted by Crippen LogP contribution is -2.56. The van der Waals surface area contributed by atoms with Crippen molar-refractivity contribution < 1.29 is 14.3 Å². The van der Waals surface area contributed by atoms with Gasteiger partial charge in [0.25, 0.3) is 5.91 Å². The third kappa shape index (κ3) is 5.19. The van der Waals surface area contributed by atoms with Crippen molar-refractivity contribution in [2.45, 2.75) is 57.7 Å². The fourth-order valence-electron chi connectivity index (χ4n) is 4.73. The Morgan fingerprint density at radius 3 is 2.80 bits per heavy atom. The van der Waals surface area contributed by atoms with Crippen LogP contribution in [0.5, 0.6) is 0 Å². The molecule has 1 saturated heterocycles. The summed E-state index contributed by atoms with van der Waals surface area (Å²) < 4.78 is 5.61. The number of rotatable bonds is 4. The molecule has 2 aliphatic rings. The molecule has 0 spiro atoms. The number of ether oxygens (including phenoxy) is 1. The van der Waals surface area contributed by atoms with Gasteiger partial charge in [-0.05, 0) is 57.9 Å². The van der Waals surface area contributed by atoms with Gasteiger partial charge in [-0.3, -0.25) is 14.5 Å². The Bertz CT molecular complexity index is 1250. The fourth-order valence-corrected chi connectivity index (χ4v) is 5.11. The number of anilines is 1. The topological polar surface area (TPSA) is 97.0 Å². The summed E-state index contributed by atoms with van der Waals surface area (Å²) in [7, 11) is 0. The van der Waals surface area contributed by atoms with Crippen LogP contribution in [0, 0.1) is 11.8 Å². The van der Waals surface area contributed by atoms with Gasteiger partial charge in [0.05, 0.1) is 28.8 Å². The first-order valence-electron chi connectivity index (χ1n) is 11.6. The number of carbonyl (C=O) groups excluding carboxylic acids is 2. The molecule has 0 radical (unpaired) electrons. The van der Waals surface area contributed by atoms with E-state index in [2.05, 4.69) is 17.2 Å². The highest BCUT2D eigenvalue weighted by Gasteiger charge is 2.42. The van der Waals surface area contributed by atoms with E-state index >= 15 is 0 Å². The van der Waals surface area contributed by atoms with Gasteiger partial charge in [0, 0.05) is 29.3 Å². The third-order valence-electron chi connectivity index (χ3n) is 6.42. The number of halogens is 1. The highest BCUT2D eigenvalue weighted by Crippen LogP contribution is 2.41. The van der Waals surface area contributed by atoms with Gasteiger partial charge in [-0.2, -0.15) is 0 Å². The van der Waals surface area contributed by atoms with Gasteiger partial charge in [-0.15, -0.1) is 5.92 Å². The average Bonchev–Trinajstić information content (AvgIpc) is 2.80. The number of hydrogen-bond acceptors (Lipinski definition) is 5. The first kappa shape index (κ1) is 24.8. The number of benzene rings is 2. The minimum absolute atomic E-state index is 0.0335. The molecule has 35 heavy (non-hydrogen) atoms. The van der Waals surface area contributed by atoms with Gasteiger partial charge in [0.2, 0.25) is 5.91 Å². The van der Waals surface area contributed by atoms with Crippen LogP contribution in [0.15, 0.2) is 47.5 Å². The molecule has 7 nitrogen and oxygen atoms in total. The SMILES string of the molecule is CC#Cc1cccc(C(=O)Nc2cccc([C@]3(C)CC(=O)N([C@@H]4CCO[C@H](C)C4)C(N)=N3)c2Cl)c1. The fraction of sp³-hybridized carbons (Fsp3) is 0.370. The second-order valence-electron chi connectivity index (χ2n) is 9.12. The van der Waals surface area contributed by atoms with E-state index in [0.29, 0.717) is 34.9 Å². The van der Waals surface area contributed by atoms with E-state index in [-0.39, 0.29) is 36.3 Å². The molecule has 0 bridgehead atoms. The number of nitrogens with one attached hydrogen (secondary N) is 1. The molecule has 0 saturated carbocycles. The highest BCUT2D eigenvalue weighted by molar-refractivity contribution is 6.35. The number of carbonyl (C=O) groups is 2. The molecule has 4 rings (SSSR count). The maximum atomic E-state index is 13.2. The lowest BCUT2D eigenvalue weighted by molar-refractivity contribution is -0.133. The van der Waals surface area contributed by atoms with Crippen LogP contribution in [-0.4, -0.2) is 41.4 Å². The number of nitrogens with two attached hydrogens (primary N) is 1. The maximum Gasteiger partial charge on any atom is 0.255 e. The molecule has 8 heteroatoms. The van der Waals surface area contributed by atoms with Crippen LogP contribution in [0.2, 0.25) is 5.02 Å². The van der Waals surface area contributed by atoms with Crippen molar-refractivity contribution in [3.63, 3.8) is 0 Å². The molecule has 3 atom stereocenters. The molecule has 2 amide bonds. The van der Waals surface area contributed by atoms with E-state index < -0.39 is 5.54 Å². The van der Waals surface area contributed by atoms with Gasteiger partial charge in [0.15, 0.2) is 5.96 Å². The van der Waals surface area contributed by atoms with Crippen molar-refractivity contribution in [1.29, 1.82) is 0 Å². The molecule has 2 aromatic carbocycles. The molecule has 2 aliphatic heterocycles. The van der Waals surface area contributed by atoms with Crippen molar-refractivity contribution in [3.05, 3.63) is 64.2 Å². The molecule has 182 valence electrons. The molecule has 2 aromatic rings. The third-order valence-corrected chi connectivity index (χ3v) is 6.82. The maximum absolute atomic E-state index is 13.2. The lowest BCUT2D eigenvalue weighted by atomic mass is 9.86. The second-order valence-corrected chi connectivity index (χ2v) is 9.50. The normalized spacial score (nSPS) is 24.3. The Hall–Kier alpha value is -3.34. The summed E-state index contributed by atoms with van der Waals surface area (Å²) in [5.41, 5.74) is 7.65. The molecule has 3 N–H and O–H groups in total. The quantitative estimate of drug-likeness (QED) is 0.622. The number of amides is 2. The monoisotopic (exact) mass is 492 g/mol. The van der Waals surface area contributed by atoms with Crippen LogP contribution in [0.25, 0.3) is 0 Å². The van der Waals surface area contributed by atoms with Crippen molar-refractivity contribution >= 4 is 35.1 Å². The van der Waals surface area contributed by atoms with Crippen LogP contribution < -0.4 is 11.1 Å². The van der Waals surface area contributed by atoms with Gasteiger partial charge >= 0.3 is 0 Å². The summed E-state index contributed by atoms with van der Waals surface area (Å²) in [6, 6.07) is 12.3. The van der Waals surface area contributed by atoms with E-state index in [1.807, 2.05) is 26.0 Å². The summed E-state index contributed by atoms with van der Waals surface area (Å²) >= 11 is 6.76. The van der Waals surface area contributed by atoms with Gasteiger partial charge in [-0.1, -0.05) is 35.7 Å². The summed E-state index contributed by atoms with van der Waals surface area (Å²) in [5.74, 6) is 5.55. The Balaban J connectivity index is 1.60. The Labute approximate surface area is 210 Å². The Morgan fingerprint density at radius 2 is 2.09 bits per heavy atom. The van der Waals surface area contributed by atoms with Crippen LogP contribution in [0.3, 0.4) is 0 Å². The first-order valence-corrected chi connectivity index (χ1v) is 12.0. The largest absolute Gasteiger partial charge is 0.378 e. The Kier molecular flexibility index (Phi) is 7.15. The lowest BCUT2D eigenvalue weighted by Gasteiger charge is -2.41. The van der Waals surface area contributed by atoms with Gasteiger partial charge < -0.3 is 15.8 Å². The zero-order chi connectivity index (χ0) is 25.2. The predicted molar refractivity (Wildman–Crippen MR) is 137 cm³/mol. The van der Waals surface area contributed by atoms with Crippen molar-refractivity contribution in [2.75, 3.05) is 11.9 Å². The predicted octanol–water partition coefficient (Wildman–Crippen LogP) is 4.29. The average molecular weight is 493 g/mol. The van der Waals surface area contributed by atoms with E-state index in [0.717, 1.165) is 12.0 Å². The summed E-state index contributed by atoms with van der Waals surface area (Å²) in [5, 5.41) is 3.20. The number of hydrogen-bond donors (Lipinski definition) is 2. The number of nitrogens with zero attached hydrogens (tertiary/aromatic N) is 2. The minimum atomic E-state index is -0.955. The van der Waals surface area contributed by atoms with E-state index in [4.69, 9.17) is 27.1 Å². The molecule has 1 fully saturated rings. The number of guanidine groups is 1. The molecule has 0 aliphatic carbocycles. The molecule has 0 unspecified atom stereocenters. The van der Waals surface area contributed by atoms with Gasteiger partial charge in [-0.25, -0.2) is 4.99 Å². The zero-order valence-electron chi connectivity index (χ0n) is 20.1. The smallest absolute Gasteiger partial charge is 0.255 e. The molecule has 2 heterocycles. The highest BCUT2D eigenvalue weighted by atomic mass is 35.5. The van der Waals surface area contributed by atoms with Crippen molar-refractivity contribution in [1.82, 2.24) is 4.90 Å². The Morgan fingerprint density at radius 1 is 1.31 bits per heavy atom. The van der Waals surface area contributed by atoms with E-state index in [1.165, 1.54) is 0 Å². The van der Waals surface area contributed by atoms with E-state index in [9.17, 15) is 9.59 Å². The first-order chi connectivity index (χ1) is 16.7. The van der Waals surface area contributed by atoms with Crippen LogP contribution in [0.4, 0.5) is 5.69 Å². The van der Waals surface area contributed by atoms with Crippen LogP contribution >= 0.6 is 11.6 Å². The van der Waals surface area contributed by atoms with Crippen LogP contribution in [-0.2, 0) is 15.1 Å². The minimum Gasteiger partial charge on any atom is -0.378 e. The summed E-state index contributed by atoms with van der Waals surface area (Å²) in [4.78, 5) is 32.5. The standard InChI is InChI=1S/C27H29ClN4O3/c1-4-7-18-8-5-9-19(15-18)25(34)30-22-11-6-10-21(24(22)28)27(3)16-23(33)32(26(29)31-27)20-12-13-35-17(2)14-20/h5-6,8-11,15,17,20H,12-14,16H2,1-3H3,(H2,29,31)(H,30,34)/t17-,20-,27+/m1/s1. The van der Waals surface area contributed by atoms with Gasteiger partial charge in [0.1, 0.15) is 0 Å².